The van der Waals surface area contributed by atoms with Gasteiger partial charge in [0.05, 0.1) is 5.54 Å². The van der Waals surface area contributed by atoms with Crippen molar-refractivity contribution in [1.82, 2.24) is 5.32 Å². The van der Waals surface area contributed by atoms with Gasteiger partial charge in [0.2, 0.25) is 5.91 Å². The van der Waals surface area contributed by atoms with Gasteiger partial charge in [-0.05, 0) is 12.8 Å². The fourth-order valence-corrected chi connectivity index (χ4v) is 0.871. The first kappa shape index (κ1) is 9.49. The molecule has 12 heavy (non-hydrogen) atoms. The van der Waals surface area contributed by atoms with Crippen LogP contribution in [-0.4, -0.2) is 18.1 Å². The van der Waals surface area contributed by atoms with Crippen LogP contribution in [0.3, 0.4) is 0 Å². The van der Waals surface area contributed by atoms with Gasteiger partial charge in [-0.1, -0.05) is 20.8 Å². The topological polar surface area (TPSA) is 29.1 Å². The van der Waals surface area contributed by atoms with Gasteiger partial charge >= 0.3 is 0 Å². The molecule has 0 aromatic carbocycles. The first-order chi connectivity index (χ1) is 5.40. The van der Waals surface area contributed by atoms with Gasteiger partial charge in [0.25, 0.3) is 0 Å². The van der Waals surface area contributed by atoms with Crippen LogP contribution in [0.15, 0.2) is 0 Å². The Kier molecular flexibility index (Phi) is 2.15. The molecule has 1 saturated carbocycles. The molecule has 2 nitrogen and oxygen atoms in total. The Bertz CT molecular complexity index is 191. The quantitative estimate of drug-likeness (QED) is 0.676. The van der Waals surface area contributed by atoms with Crippen LogP contribution in [0.2, 0.25) is 0 Å². The van der Waals surface area contributed by atoms with Crippen LogP contribution >= 0.6 is 0 Å². The number of amides is 1. The summed E-state index contributed by atoms with van der Waals surface area (Å²) in [7, 11) is 0. The van der Waals surface area contributed by atoms with Crippen molar-refractivity contribution in [2.75, 3.05) is 6.67 Å². The molecule has 1 N–H and O–H groups in total. The smallest absolute Gasteiger partial charge is 0.225 e. The monoisotopic (exact) mass is 173 g/mol. The predicted molar refractivity (Wildman–Crippen MR) is 45.5 cm³/mol. The number of hydrogen-bond acceptors (Lipinski definition) is 1. The van der Waals surface area contributed by atoms with E-state index in [-0.39, 0.29) is 5.91 Å². The van der Waals surface area contributed by atoms with E-state index >= 15 is 0 Å². The fourth-order valence-electron chi connectivity index (χ4n) is 0.871. The third-order valence-corrected chi connectivity index (χ3v) is 2.17. The fraction of sp³-hybridized carbons (Fsp3) is 0.889. The maximum atomic E-state index is 12.4. The molecule has 0 unspecified atom stereocenters. The zero-order valence-electron chi connectivity index (χ0n) is 7.91. The largest absolute Gasteiger partial charge is 0.348 e. The van der Waals surface area contributed by atoms with Crippen molar-refractivity contribution < 1.29 is 9.18 Å². The lowest BCUT2D eigenvalue weighted by Gasteiger charge is -2.21. The van der Waals surface area contributed by atoms with Crippen molar-refractivity contribution in [2.45, 2.75) is 39.2 Å². The highest BCUT2D eigenvalue weighted by atomic mass is 19.1. The number of nitrogens with one attached hydrogen (secondary N) is 1. The number of hydrogen-bond donors (Lipinski definition) is 1. The van der Waals surface area contributed by atoms with Crippen molar-refractivity contribution in [3.05, 3.63) is 0 Å². The Morgan fingerprint density at radius 2 is 2.00 bits per heavy atom. The Labute approximate surface area is 72.5 Å². The van der Waals surface area contributed by atoms with Gasteiger partial charge in [-0.3, -0.25) is 4.79 Å². The molecule has 0 spiro atoms. The predicted octanol–water partition coefficient (Wildman–Crippen LogP) is 1.65. The van der Waals surface area contributed by atoms with Gasteiger partial charge < -0.3 is 5.32 Å². The maximum absolute atomic E-state index is 12.4. The molecule has 1 aliphatic carbocycles. The number of rotatable bonds is 2. The molecule has 0 heterocycles. The summed E-state index contributed by atoms with van der Waals surface area (Å²) in [5.74, 6) is -0.0577. The summed E-state index contributed by atoms with van der Waals surface area (Å²) < 4.78 is 12.4. The Balaban J connectivity index is 2.47. The van der Waals surface area contributed by atoms with Gasteiger partial charge in [0.15, 0.2) is 0 Å². The highest BCUT2D eigenvalue weighted by Crippen LogP contribution is 2.36. The van der Waals surface area contributed by atoms with Gasteiger partial charge in [-0.25, -0.2) is 4.39 Å². The zero-order chi connectivity index (χ0) is 9.41. The first-order valence-electron chi connectivity index (χ1n) is 4.28. The lowest BCUT2D eigenvalue weighted by Crippen LogP contribution is -2.44. The van der Waals surface area contributed by atoms with Gasteiger partial charge in [-0.15, -0.1) is 0 Å². The minimum Gasteiger partial charge on any atom is -0.348 e. The van der Waals surface area contributed by atoms with Crippen molar-refractivity contribution in [3.63, 3.8) is 0 Å². The molecule has 0 radical (unpaired) electrons. The number of carbonyl (C=O) groups is 1. The minimum atomic E-state index is -0.496. The molecule has 0 aliphatic heterocycles. The number of alkyl halides is 1. The van der Waals surface area contributed by atoms with Gasteiger partial charge in [-0.2, -0.15) is 0 Å². The summed E-state index contributed by atoms with van der Waals surface area (Å²) in [5.41, 5.74) is -0.908. The van der Waals surface area contributed by atoms with E-state index in [1.165, 1.54) is 0 Å². The van der Waals surface area contributed by atoms with Crippen molar-refractivity contribution in [3.8, 4) is 0 Å². The highest BCUT2D eigenvalue weighted by molar-refractivity contribution is 5.82. The maximum Gasteiger partial charge on any atom is 0.225 e. The van der Waals surface area contributed by atoms with E-state index in [0.29, 0.717) is 0 Å². The van der Waals surface area contributed by atoms with Crippen LogP contribution in [0.1, 0.15) is 33.6 Å². The number of halogens is 1. The molecule has 0 aromatic heterocycles. The summed E-state index contributed by atoms with van der Waals surface area (Å²) >= 11 is 0. The average Bonchev–Trinajstić information content (AvgIpc) is 2.67. The Hall–Kier alpha value is -0.600. The standard InChI is InChI=1S/C9H16FNO/c1-8(2,3)7(12)11-9(6-10)4-5-9/h4-6H2,1-3H3,(H,11,12). The molecular formula is C9H16FNO. The third kappa shape index (κ3) is 1.96. The summed E-state index contributed by atoms with van der Waals surface area (Å²) in [6.45, 7) is 5.05. The van der Waals surface area contributed by atoms with Crippen molar-refractivity contribution in [1.29, 1.82) is 0 Å². The van der Waals surface area contributed by atoms with Crippen LogP contribution in [-0.2, 0) is 4.79 Å². The molecule has 0 atom stereocenters. The van der Waals surface area contributed by atoms with Crippen LogP contribution in [0.4, 0.5) is 4.39 Å². The van der Waals surface area contributed by atoms with Crippen molar-refractivity contribution >= 4 is 5.91 Å². The van der Waals surface area contributed by atoms with E-state index in [1.54, 1.807) is 0 Å². The average molecular weight is 173 g/mol. The van der Waals surface area contributed by atoms with E-state index in [1.807, 2.05) is 20.8 Å². The molecule has 3 heteroatoms. The highest BCUT2D eigenvalue weighted by Gasteiger charge is 2.45. The molecule has 1 amide bonds. The molecule has 0 aromatic rings. The second-order valence-corrected chi connectivity index (χ2v) is 4.62. The normalized spacial score (nSPS) is 20.3. The SMILES string of the molecule is CC(C)(C)C(=O)NC1(CF)CC1. The molecule has 1 aliphatic rings. The molecule has 1 fully saturated rings. The Morgan fingerprint density at radius 1 is 1.50 bits per heavy atom. The molecular weight excluding hydrogens is 157 g/mol. The van der Waals surface area contributed by atoms with E-state index in [0.717, 1.165) is 12.8 Å². The van der Waals surface area contributed by atoms with Crippen LogP contribution in [0.25, 0.3) is 0 Å². The number of carbonyl (C=O) groups excluding carboxylic acids is 1. The zero-order valence-corrected chi connectivity index (χ0v) is 7.91. The van der Waals surface area contributed by atoms with Crippen molar-refractivity contribution in [2.24, 2.45) is 5.41 Å². The Morgan fingerprint density at radius 3 is 2.25 bits per heavy atom. The van der Waals surface area contributed by atoms with E-state index in [2.05, 4.69) is 5.32 Å². The van der Waals surface area contributed by atoms with Gasteiger partial charge in [0.1, 0.15) is 6.67 Å². The summed E-state index contributed by atoms with van der Waals surface area (Å²) in [5, 5.41) is 2.74. The summed E-state index contributed by atoms with van der Waals surface area (Å²) in [6, 6.07) is 0. The van der Waals surface area contributed by atoms with E-state index in [9.17, 15) is 9.18 Å². The lowest BCUT2D eigenvalue weighted by molar-refractivity contribution is -0.129. The molecule has 0 bridgehead atoms. The van der Waals surface area contributed by atoms with Crippen LogP contribution < -0.4 is 5.32 Å². The van der Waals surface area contributed by atoms with Crippen LogP contribution in [0.5, 0.6) is 0 Å². The second-order valence-electron chi connectivity index (χ2n) is 4.62. The van der Waals surface area contributed by atoms with Crippen LogP contribution in [0, 0.1) is 5.41 Å². The lowest BCUT2D eigenvalue weighted by atomic mass is 9.95. The summed E-state index contributed by atoms with van der Waals surface area (Å²) in [4.78, 5) is 11.4. The molecule has 1 rings (SSSR count). The van der Waals surface area contributed by atoms with E-state index in [4.69, 9.17) is 0 Å². The minimum absolute atomic E-state index is 0.0577. The molecule has 0 saturated heterocycles. The van der Waals surface area contributed by atoms with E-state index < -0.39 is 17.6 Å². The summed E-state index contributed by atoms with van der Waals surface area (Å²) in [6.07, 6.45) is 1.57. The first-order valence-corrected chi connectivity index (χ1v) is 4.28. The van der Waals surface area contributed by atoms with Gasteiger partial charge in [0, 0.05) is 5.41 Å². The molecule has 70 valence electrons. The second kappa shape index (κ2) is 2.71. The third-order valence-electron chi connectivity index (χ3n) is 2.17.